The molecule has 2 rings (SSSR count). The molecule has 2 N–H and O–H groups in total. The number of piperidine rings is 2. The first kappa shape index (κ1) is 12.3. The summed E-state index contributed by atoms with van der Waals surface area (Å²) < 4.78 is 0. The molecule has 0 radical (unpaired) electrons. The van der Waals surface area contributed by atoms with Crippen molar-refractivity contribution in [1.29, 1.82) is 0 Å². The van der Waals surface area contributed by atoms with Crippen LogP contribution in [0.25, 0.3) is 0 Å². The fraction of sp³-hybridized carbons (Fsp3) is 1.00. The first-order valence-electron chi connectivity index (χ1n) is 7.00. The summed E-state index contributed by atoms with van der Waals surface area (Å²) in [5.41, 5.74) is 0. The molecule has 3 nitrogen and oxygen atoms in total. The smallest absolute Gasteiger partial charge is 0.0194 e. The molecule has 0 saturated carbocycles. The molecule has 0 amide bonds. The van der Waals surface area contributed by atoms with E-state index in [1.165, 1.54) is 64.7 Å². The van der Waals surface area contributed by atoms with Crippen LogP contribution in [-0.2, 0) is 0 Å². The first-order valence-corrected chi connectivity index (χ1v) is 7.00. The minimum absolute atomic E-state index is 0.738. The van der Waals surface area contributed by atoms with Gasteiger partial charge in [0, 0.05) is 25.2 Å². The molecule has 0 aromatic rings. The molecular weight excluding hydrogens is 198 g/mol. The van der Waals surface area contributed by atoms with Gasteiger partial charge in [0.25, 0.3) is 0 Å². The second-order valence-electron chi connectivity index (χ2n) is 5.51. The number of likely N-dealkylation sites (N-methyl/N-ethyl adjacent to an activating group) is 1. The highest BCUT2D eigenvalue weighted by atomic mass is 15.2. The van der Waals surface area contributed by atoms with Gasteiger partial charge < -0.3 is 15.5 Å². The van der Waals surface area contributed by atoms with Crippen LogP contribution < -0.4 is 10.6 Å². The molecule has 0 aromatic carbocycles. The van der Waals surface area contributed by atoms with Gasteiger partial charge in [0.15, 0.2) is 0 Å². The van der Waals surface area contributed by atoms with Crippen molar-refractivity contribution in [3.63, 3.8) is 0 Å². The number of nitrogens with zero attached hydrogens (tertiary/aromatic N) is 1. The zero-order valence-electron chi connectivity index (χ0n) is 10.7. The SMILES string of the molecule is CN(CC1CCCCN1)CC1CCCCN1. The van der Waals surface area contributed by atoms with E-state index in [0.29, 0.717) is 0 Å². The maximum atomic E-state index is 3.63. The second-order valence-corrected chi connectivity index (χ2v) is 5.51. The fourth-order valence-corrected chi connectivity index (χ4v) is 2.99. The maximum absolute atomic E-state index is 3.63. The van der Waals surface area contributed by atoms with Crippen LogP contribution in [0, 0.1) is 0 Å². The molecule has 0 spiro atoms. The van der Waals surface area contributed by atoms with E-state index < -0.39 is 0 Å². The van der Waals surface area contributed by atoms with E-state index in [4.69, 9.17) is 0 Å². The highest BCUT2D eigenvalue weighted by Gasteiger charge is 2.18. The van der Waals surface area contributed by atoms with Gasteiger partial charge in [-0.2, -0.15) is 0 Å². The molecule has 3 heteroatoms. The Morgan fingerprint density at radius 1 is 0.875 bits per heavy atom. The summed E-state index contributed by atoms with van der Waals surface area (Å²) in [5, 5.41) is 7.25. The van der Waals surface area contributed by atoms with Gasteiger partial charge in [-0.05, 0) is 45.8 Å². The van der Waals surface area contributed by atoms with Gasteiger partial charge in [0.05, 0.1) is 0 Å². The Labute approximate surface area is 100.0 Å². The Bertz CT molecular complexity index is 164. The standard InChI is InChI=1S/C13H27N3/c1-16(10-12-6-2-4-8-14-12)11-13-7-3-5-9-15-13/h12-15H,2-11H2,1H3. The summed E-state index contributed by atoms with van der Waals surface area (Å²) in [4.78, 5) is 2.51. The van der Waals surface area contributed by atoms with Crippen LogP contribution in [0.4, 0.5) is 0 Å². The monoisotopic (exact) mass is 225 g/mol. The molecule has 2 heterocycles. The zero-order chi connectivity index (χ0) is 11.2. The molecule has 2 atom stereocenters. The number of rotatable bonds is 4. The quantitative estimate of drug-likeness (QED) is 0.753. The molecule has 2 aliphatic rings. The second kappa shape index (κ2) is 6.58. The van der Waals surface area contributed by atoms with Crippen LogP contribution in [0.2, 0.25) is 0 Å². The van der Waals surface area contributed by atoms with E-state index in [-0.39, 0.29) is 0 Å². The van der Waals surface area contributed by atoms with Crippen LogP contribution in [0.1, 0.15) is 38.5 Å². The van der Waals surface area contributed by atoms with Crippen molar-refractivity contribution in [1.82, 2.24) is 15.5 Å². The van der Waals surface area contributed by atoms with E-state index in [1.807, 2.05) is 0 Å². The number of hydrogen-bond acceptors (Lipinski definition) is 3. The van der Waals surface area contributed by atoms with Gasteiger partial charge in [-0.3, -0.25) is 0 Å². The Hall–Kier alpha value is -0.120. The molecule has 2 saturated heterocycles. The Morgan fingerprint density at radius 2 is 1.38 bits per heavy atom. The fourth-order valence-electron chi connectivity index (χ4n) is 2.99. The lowest BCUT2D eigenvalue weighted by atomic mass is 10.0. The molecule has 94 valence electrons. The third kappa shape index (κ3) is 4.04. The van der Waals surface area contributed by atoms with Gasteiger partial charge in [-0.15, -0.1) is 0 Å². The largest absolute Gasteiger partial charge is 0.313 e. The summed E-state index contributed by atoms with van der Waals surface area (Å²) >= 11 is 0. The highest BCUT2D eigenvalue weighted by Crippen LogP contribution is 2.10. The summed E-state index contributed by atoms with van der Waals surface area (Å²) in [5.74, 6) is 0. The predicted octanol–water partition coefficient (Wildman–Crippen LogP) is 1.20. The molecule has 0 aliphatic carbocycles. The van der Waals surface area contributed by atoms with E-state index >= 15 is 0 Å². The van der Waals surface area contributed by atoms with Gasteiger partial charge in [0.1, 0.15) is 0 Å². The predicted molar refractivity (Wildman–Crippen MR) is 68.8 cm³/mol. The van der Waals surface area contributed by atoms with E-state index in [1.54, 1.807) is 0 Å². The van der Waals surface area contributed by atoms with Gasteiger partial charge in [0.2, 0.25) is 0 Å². The van der Waals surface area contributed by atoms with Crippen molar-refractivity contribution in [2.45, 2.75) is 50.6 Å². The molecule has 0 aromatic heterocycles. The molecule has 2 unspecified atom stereocenters. The van der Waals surface area contributed by atoms with Crippen molar-refractivity contribution >= 4 is 0 Å². The lowest BCUT2D eigenvalue weighted by Crippen LogP contribution is -2.47. The topological polar surface area (TPSA) is 27.3 Å². The molecular formula is C13H27N3. The summed E-state index contributed by atoms with van der Waals surface area (Å²) in [6, 6.07) is 1.48. The van der Waals surface area contributed by atoms with E-state index in [9.17, 15) is 0 Å². The van der Waals surface area contributed by atoms with Crippen LogP contribution in [0.3, 0.4) is 0 Å². The lowest BCUT2D eigenvalue weighted by molar-refractivity contribution is 0.225. The van der Waals surface area contributed by atoms with Crippen molar-refractivity contribution in [3.05, 3.63) is 0 Å². The highest BCUT2D eigenvalue weighted by molar-refractivity contribution is 4.79. The molecule has 16 heavy (non-hydrogen) atoms. The van der Waals surface area contributed by atoms with Crippen molar-refractivity contribution in [2.75, 3.05) is 33.2 Å². The molecule has 2 fully saturated rings. The van der Waals surface area contributed by atoms with Crippen molar-refractivity contribution in [3.8, 4) is 0 Å². The van der Waals surface area contributed by atoms with Crippen LogP contribution in [0.15, 0.2) is 0 Å². The molecule has 0 bridgehead atoms. The molecule has 2 aliphatic heterocycles. The average molecular weight is 225 g/mol. The Balaban J connectivity index is 1.64. The zero-order valence-corrected chi connectivity index (χ0v) is 10.7. The Morgan fingerprint density at radius 3 is 1.75 bits per heavy atom. The third-order valence-corrected chi connectivity index (χ3v) is 3.89. The van der Waals surface area contributed by atoms with E-state index in [0.717, 1.165) is 12.1 Å². The summed E-state index contributed by atoms with van der Waals surface area (Å²) in [6.07, 6.45) is 8.28. The Kier molecular flexibility index (Phi) is 5.07. The first-order chi connectivity index (χ1) is 7.84. The number of nitrogens with one attached hydrogen (secondary N) is 2. The lowest BCUT2D eigenvalue weighted by Gasteiger charge is -2.32. The minimum Gasteiger partial charge on any atom is -0.313 e. The minimum atomic E-state index is 0.738. The van der Waals surface area contributed by atoms with Crippen LogP contribution in [0.5, 0.6) is 0 Å². The van der Waals surface area contributed by atoms with Crippen LogP contribution in [-0.4, -0.2) is 50.2 Å². The van der Waals surface area contributed by atoms with Gasteiger partial charge >= 0.3 is 0 Å². The normalized spacial score (nSPS) is 31.9. The van der Waals surface area contributed by atoms with Crippen molar-refractivity contribution in [2.24, 2.45) is 0 Å². The van der Waals surface area contributed by atoms with Gasteiger partial charge in [-0.25, -0.2) is 0 Å². The number of hydrogen-bond donors (Lipinski definition) is 2. The van der Waals surface area contributed by atoms with Gasteiger partial charge in [-0.1, -0.05) is 12.8 Å². The summed E-state index contributed by atoms with van der Waals surface area (Å²) in [7, 11) is 2.27. The van der Waals surface area contributed by atoms with Crippen LogP contribution >= 0.6 is 0 Å². The maximum Gasteiger partial charge on any atom is 0.0194 e. The average Bonchev–Trinajstić information content (AvgIpc) is 2.31. The third-order valence-electron chi connectivity index (χ3n) is 3.89. The van der Waals surface area contributed by atoms with Crippen molar-refractivity contribution < 1.29 is 0 Å². The van der Waals surface area contributed by atoms with E-state index in [2.05, 4.69) is 22.6 Å². The summed E-state index contributed by atoms with van der Waals surface area (Å²) in [6.45, 7) is 4.89.